The zero-order valence-electron chi connectivity index (χ0n) is 12.4. The molecule has 1 rings (SSSR count). The Bertz CT molecular complexity index is 253. The van der Waals surface area contributed by atoms with Crippen LogP contribution in [0.4, 0.5) is 0 Å². The van der Waals surface area contributed by atoms with Crippen molar-refractivity contribution in [1.29, 1.82) is 0 Å². The molecule has 0 aliphatic carbocycles. The van der Waals surface area contributed by atoms with Crippen molar-refractivity contribution in [3.8, 4) is 0 Å². The monoisotopic (exact) mass is 271 g/mol. The van der Waals surface area contributed by atoms with E-state index in [0.717, 1.165) is 38.9 Å². The Balaban J connectivity index is 2.18. The molecule has 0 saturated carbocycles. The van der Waals surface area contributed by atoms with Gasteiger partial charge in [0.25, 0.3) is 0 Å². The fraction of sp³-hybridized carbons (Fsp3) is 0.929. The van der Waals surface area contributed by atoms with Gasteiger partial charge >= 0.3 is 0 Å². The summed E-state index contributed by atoms with van der Waals surface area (Å²) in [5, 5.41) is 3.08. The summed E-state index contributed by atoms with van der Waals surface area (Å²) >= 11 is 0. The number of methoxy groups -OCH3 is 1. The molecule has 1 fully saturated rings. The highest BCUT2D eigenvalue weighted by Crippen LogP contribution is 2.11. The van der Waals surface area contributed by atoms with E-state index >= 15 is 0 Å². The number of nitrogens with two attached hydrogens (primary N) is 1. The van der Waals surface area contributed by atoms with Gasteiger partial charge in [0, 0.05) is 32.8 Å². The van der Waals surface area contributed by atoms with E-state index in [-0.39, 0.29) is 5.91 Å². The first-order valence-corrected chi connectivity index (χ1v) is 7.44. The minimum atomic E-state index is -0.399. The molecule has 1 aliphatic rings. The zero-order valence-corrected chi connectivity index (χ0v) is 12.4. The Morgan fingerprint density at radius 3 is 2.74 bits per heavy atom. The Morgan fingerprint density at radius 2 is 2.16 bits per heavy atom. The Morgan fingerprint density at radius 1 is 1.47 bits per heavy atom. The molecule has 5 nitrogen and oxygen atoms in total. The topological polar surface area (TPSA) is 67.6 Å². The minimum absolute atomic E-state index is 0.00922. The number of amides is 1. The molecule has 1 saturated heterocycles. The molecule has 0 radical (unpaired) electrons. The zero-order chi connectivity index (χ0) is 14.1. The van der Waals surface area contributed by atoms with E-state index in [1.54, 1.807) is 7.11 Å². The standard InChI is InChI=1S/C14H29N3O2/c1-3-8-17-9-6-12(7-10-17)16-14(18)13(15)5-4-11-19-2/h12-13H,3-11,15H2,1-2H3,(H,16,18). The molecule has 0 aromatic carbocycles. The van der Waals surface area contributed by atoms with Gasteiger partial charge in [-0.15, -0.1) is 0 Å². The highest BCUT2D eigenvalue weighted by molar-refractivity contribution is 5.81. The molecule has 112 valence electrons. The van der Waals surface area contributed by atoms with Gasteiger partial charge in [0.2, 0.25) is 5.91 Å². The van der Waals surface area contributed by atoms with Crippen molar-refractivity contribution in [3.63, 3.8) is 0 Å². The normalized spacial score (nSPS) is 19.3. The number of likely N-dealkylation sites (tertiary alicyclic amines) is 1. The van der Waals surface area contributed by atoms with Crippen molar-refractivity contribution in [1.82, 2.24) is 10.2 Å². The summed E-state index contributed by atoms with van der Waals surface area (Å²) in [6.45, 7) is 6.19. The highest BCUT2D eigenvalue weighted by Gasteiger charge is 2.22. The van der Waals surface area contributed by atoms with Crippen LogP contribution in [0.3, 0.4) is 0 Å². The fourth-order valence-corrected chi connectivity index (χ4v) is 2.50. The number of nitrogens with zero attached hydrogens (tertiary/aromatic N) is 1. The first kappa shape index (κ1) is 16.4. The van der Waals surface area contributed by atoms with Gasteiger partial charge in [-0.1, -0.05) is 6.92 Å². The van der Waals surface area contributed by atoms with Crippen molar-refractivity contribution < 1.29 is 9.53 Å². The van der Waals surface area contributed by atoms with E-state index < -0.39 is 6.04 Å². The first-order valence-electron chi connectivity index (χ1n) is 7.44. The lowest BCUT2D eigenvalue weighted by atomic mass is 10.0. The third kappa shape index (κ3) is 6.36. The molecule has 1 atom stereocenters. The van der Waals surface area contributed by atoms with Gasteiger partial charge in [-0.25, -0.2) is 0 Å². The number of piperidine rings is 1. The summed E-state index contributed by atoms with van der Waals surface area (Å²) in [5.74, 6) is -0.00922. The number of hydrogen-bond acceptors (Lipinski definition) is 4. The molecule has 19 heavy (non-hydrogen) atoms. The maximum Gasteiger partial charge on any atom is 0.237 e. The smallest absolute Gasteiger partial charge is 0.237 e. The number of hydrogen-bond donors (Lipinski definition) is 2. The van der Waals surface area contributed by atoms with Crippen LogP contribution in [0.15, 0.2) is 0 Å². The minimum Gasteiger partial charge on any atom is -0.385 e. The van der Waals surface area contributed by atoms with Crippen LogP contribution >= 0.6 is 0 Å². The summed E-state index contributed by atoms with van der Waals surface area (Å²) in [6, 6.07) is -0.0992. The van der Waals surface area contributed by atoms with Crippen LogP contribution < -0.4 is 11.1 Å². The second-order valence-electron chi connectivity index (χ2n) is 5.37. The van der Waals surface area contributed by atoms with Crippen molar-refractivity contribution >= 4 is 5.91 Å². The van der Waals surface area contributed by atoms with Crippen LogP contribution in [-0.4, -0.2) is 56.2 Å². The van der Waals surface area contributed by atoms with Crippen molar-refractivity contribution in [2.24, 2.45) is 5.73 Å². The summed E-state index contributed by atoms with van der Waals surface area (Å²) in [7, 11) is 1.66. The predicted octanol–water partition coefficient (Wildman–Crippen LogP) is 0.731. The molecular weight excluding hydrogens is 242 g/mol. The van der Waals surface area contributed by atoms with Crippen LogP contribution in [-0.2, 0) is 9.53 Å². The number of carbonyl (C=O) groups excluding carboxylic acids is 1. The SMILES string of the molecule is CCCN1CCC(NC(=O)C(N)CCCOC)CC1. The average molecular weight is 271 g/mol. The van der Waals surface area contributed by atoms with E-state index in [4.69, 9.17) is 10.5 Å². The van der Waals surface area contributed by atoms with Gasteiger partial charge in [-0.2, -0.15) is 0 Å². The van der Waals surface area contributed by atoms with Gasteiger partial charge in [0.15, 0.2) is 0 Å². The molecule has 1 aliphatic heterocycles. The van der Waals surface area contributed by atoms with Crippen LogP contribution in [0, 0.1) is 0 Å². The summed E-state index contributed by atoms with van der Waals surface area (Å²) in [5.41, 5.74) is 5.87. The van der Waals surface area contributed by atoms with Crippen LogP contribution in [0.2, 0.25) is 0 Å². The van der Waals surface area contributed by atoms with Crippen LogP contribution in [0.5, 0.6) is 0 Å². The van der Waals surface area contributed by atoms with Gasteiger partial charge in [0.1, 0.15) is 0 Å². The lowest BCUT2D eigenvalue weighted by molar-refractivity contribution is -0.123. The molecule has 3 N–H and O–H groups in total. The van der Waals surface area contributed by atoms with E-state index in [9.17, 15) is 4.79 Å². The van der Waals surface area contributed by atoms with Gasteiger partial charge in [0.05, 0.1) is 6.04 Å². The number of carbonyl (C=O) groups is 1. The molecule has 0 aromatic rings. The maximum absolute atomic E-state index is 11.9. The van der Waals surface area contributed by atoms with E-state index in [1.165, 1.54) is 6.42 Å². The van der Waals surface area contributed by atoms with Crippen LogP contribution in [0.25, 0.3) is 0 Å². The van der Waals surface area contributed by atoms with Gasteiger partial charge in [-0.3, -0.25) is 4.79 Å². The summed E-state index contributed by atoms with van der Waals surface area (Å²) in [4.78, 5) is 14.4. The molecule has 0 aromatic heterocycles. The van der Waals surface area contributed by atoms with Crippen molar-refractivity contribution in [2.75, 3.05) is 33.4 Å². The van der Waals surface area contributed by atoms with Crippen molar-refractivity contribution in [3.05, 3.63) is 0 Å². The average Bonchev–Trinajstić information content (AvgIpc) is 2.41. The van der Waals surface area contributed by atoms with Gasteiger partial charge in [-0.05, 0) is 38.6 Å². The second kappa shape index (κ2) is 9.28. The lowest BCUT2D eigenvalue weighted by Crippen LogP contribution is -2.49. The first-order chi connectivity index (χ1) is 9.17. The highest BCUT2D eigenvalue weighted by atomic mass is 16.5. The predicted molar refractivity (Wildman–Crippen MR) is 77.0 cm³/mol. The molecule has 0 bridgehead atoms. The number of rotatable bonds is 8. The largest absolute Gasteiger partial charge is 0.385 e. The lowest BCUT2D eigenvalue weighted by Gasteiger charge is -2.32. The Kier molecular flexibility index (Phi) is 8.02. The van der Waals surface area contributed by atoms with E-state index in [0.29, 0.717) is 19.1 Å². The number of ether oxygens (including phenoxy) is 1. The third-order valence-electron chi connectivity index (χ3n) is 3.67. The fourth-order valence-electron chi connectivity index (χ4n) is 2.50. The summed E-state index contributed by atoms with van der Waals surface area (Å²) in [6.07, 6.45) is 4.79. The molecule has 5 heteroatoms. The molecule has 1 amide bonds. The van der Waals surface area contributed by atoms with Gasteiger partial charge < -0.3 is 20.7 Å². The molecule has 1 heterocycles. The Hall–Kier alpha value is -0.650. The molecule has 1 unspecified atom stereocenters. The van der Waals surface area contributed by atoms with E-state index in [2.05, 4.69) is 17.1 Å². The number of nitrogens with one attached hydrogen (secondary N) is 1. The molecular formula is C14H29N3O2. The van der Waals surface area contributed by atoms with Crippen LogP contribution in [0.1, 0.15) is 39.0 Å². The molecule has 0 spiro atoms. The second-order valence-corrected chi connectivity index (χ2v) is 5.37. The quantitative estimate of drug-likeness (QED) is 0.639. The maximum atomic E-state index is 11.9. The van der Waals surface area contributed by atoms with Crippen molar-refractivity contribution in [2.45, 2.75) is 51.1 Å². The Labute approximate surface area is 116 Å². The summed E-state index contributed by atoms with van der Waals surface area (Å²) < 4.78 is 4.96. The van der Waals surface area contributed by atoms with E-state index in [1.807, 2.05) is 0 Å². The third-order valence-corrected chi connectivity index (χ3v) is 3.67.